The summed E-state index contributed by atoms with van der Waals surface area (Å²) in [6.07, 6.45) is 1.29. The number of guanidine groups is 1. The zero-order valence-electron chi connectivity index (χ0n) is 16.5. The van der Waals surface area contributed by atoms with E-state index < -0.39 is 6.10 Å². The molecule has 0 radical (unpaired) electrons. The normalized spacial score (nSPS) is 12.5. The van der Waals surface area contributed by atoms with Crippen molar-refractivity contribution in [3.05, 3.63) is 65.0 Å². The molecular weight excluding hydrogens is 377 g/mol. The Morgan fingerprint density at radius 3 is 2.75 bits per heavy atom. The van der Waals surface area contributed by atoms with Crippen molar-refractivity contribution in [3.8, 4) is 5.75 Å². The Bertz CT molecular complexity index is 786. The van der Waals surface area contributed by atoms with Crippen molar-refractivity contribution in [2.45, 2.75) is 25.3 Å². The number of hydrogen-bond donors (Lipinski definition) is 3. The van der Waals surface area contributed by atoms with Crippen LogP contribution in [-0.4, -0.2) is 37.5 Å². The van der Waals surface area contributed by atoms with Gasteiger partial charge in [-0.3, -0.25) is 0 Å². The molecule has 3 N–H and O–H groups in total. The number of nitrogens with zero attached hydrogens (tertiary/aromatic N) is 1. The molecule has 152 valence electrons. The molecule has 2 rings (SSSR count). The fraction of sp³-hybridized carbons (Fsp3) is 0.381. The second-order valence-electron chi connectivity index (χ2n) is 6.21. The van der Waals surface area contributed by atoms with Crippen molar-refractivity contribution in [1.82, 2.24) is 10.6 Å². The molecule has 1 unspecified atom stereocenters. The Hall–Kier alpha value is -2.25. The number of ether oxygens (including phenoxy) is 1. The molecule has 0 aliphatic carbocycles. The average Bonchev–Trinajstić information content (AvgIpc) is 2.71. The standard InChI is InChI=1S/C21H28FN3O2S/c1-4-23-21(24-12-16-8-9-18(22)10-17(16)14-28-3)25-13-20(26)15-6-5-7-19(11-15)27-2/h5-11,20,26H,4,12-14H2,1-3H3,(H2,23,24,25). The average molecular weight is 406 g/mol. The highest BCUT2D eigenvalue weighted by molar-refractivity contribution is 7.97. The van der Waals surface area contributed by atoms with Crippen molar-refractivity contribution >= 4 is 17.7 Å². The number of methoxy groups -OCH3 is 1. The maximum Gasteiger partial charge on any atom is 0.191 e. The predicted octanol–water partition coefficient (Wildman–Crippen LogP) is 3.49. The number of aliphatic hydroxyl groups is 1. The molecule has 0 spiro atoms. The number of benzene rings is 2. The monoisotopic (exact) mass is 405 g/mol. The van der Waals surface area contributed by atoms with E-state index in [2.05, 4.69) is 15.6 Å². The van der Waals surface area contributed by atoms with E-state index in [-0.39, 0.29) is 5.82 Å². The van der Waals surface area contributed by atoms with Crippen LogP contribution in [0.25, 0.3) is 0 Å². The van der Waals surface area contributed by atoms with Crippen LogP contribution in [0.15, 0.2) is 47.5 Å². The van der Waals surface area contributed by atoms with E-state index in [9.17, 15) is 9.50 Å². The number of nitrogens with one attached hydrogen (secondary N) is 2. The largest absolute Gasteiger partial charge is 0.497 e. The van der Waals surface area contributed by atoms with Crippen LogP contribution in [0.2, 0.25) is 0 Å². The van der Waals surface area contributed by atoms with Gasteiger partial charge in [-0.05, 0) is 54.1 Å². The first-order valence-corrected chi connectivity index (χ1v) is 10.6. The van der Waals surface area contributed by atoms with Crippen LogP contribution in [0.1, 0.15) is 29.7 Å². The lowest BCUT2D eigenvalue weighted by atomic mass is 10.1. The smallest absolute Gasteiger partial charge is 0.191 e. The van der Waals surface area contributed by atoms with Gasteiger partial charge in [0.2, 0.25) is 0 Å². The van der Waals surface area contributed by atoms with Gasteiger partial charge in [-0.25, -0.2) is 9.38 Å². The molecule has 0 fully saturated rings. The summed E-state index contributed by atoms with van der Waals surface area (Å²) in [4.78, 5) is 4.58. The number of hydrogen-bond acceptors (Lipinski definition) is 4. The molecule has 2 aromatic carbocycles. The molecule has 5 nitrogen and oxygen atoms in total. The highest BCUT2D eigenvalue weighted by Gasteiger charge is 2.10. The Labute approximate surface area is 170 Å². The van der Waals surface area contributed by atoms with Crippen LogP contribution in [-0.2, 0) is 12.3 Å². The molecule has 0 aromatic heterocycles. The summed E-state index contributed by atoms with van der Waals surface area (Å²) in [5.74, 6) is 1.81. The topological polar surface area (TPSA) is 65.9 Å². The first-order chi connectivity index (χ1) is 13.6. The molecular formula is C21H28FN3O2S. The van der Waals surface area contributed by atoms with Crippen LogP contribution in [0.4, 0.5) is 4.39 Å². The first-order valence-electron chi connectivity index (χ1n) is 9.17. The van der Waals surface area contributed by atoms with E-state index >= 15 is 0 Å². The van der Waals surface area contributed by atoms with Crippen molar-refractivity contribution in [1.29, 1.82) is 0 Å². The highest BCUT2D eigenvalue weighted by atomic mass is 32.2. The van der Waals surface area contributed by atoms with Gasteiger partial charge in [0, 0.05) is 18.8 Å². The number of aliphatic hydroxyl groups excluding tert-OH is 1. The minimum absolute atomic E-state index is 0.233. The Kier molecular flexibility index (Phi) is 9.10. The molecule has 0 aliphatic rings. The van der Waals surface area contributed by atoms with Crippen LogP contribution in [0, 0.1) is 5.82 Å². The summed E-state index contributed by atoms with van der Waals surface area (Å²) in [5, 5.41) is 16.8. The van der Waals surface area contributed by atoms with Gasteiger partial charge in [0.25, 0.3) is 0 Å². The van der Waals surface area contributed by atoms with Crippen LogP contribution < -0.4 is 15.4 Å². The lowest BCUT2D eigenvalue weighted by Gasteiger charge is -2.16. The van der Waals surface area contributed by atoms with Gasteiger partial charge in [-0.15, -0.1) is 0 Å². The van der Waals surface area contributed by atoms with Crippen LogP contribution >= 0.6 is 11.8 Å². The maximum absolute atomic E-state index is 13.5. The van der Waals surface area contributed by atoms with Crippen LogP contribution in [0.5, 0.6) is 5.75 Å². The zero-order valence-corrected chi connectivity index (χ0v) is 17.4. The summed E-state index contributed by atoms with van der Waals surface area (Å²) >= 11 is 1.65. The number of rotatable bonds is 9. The quantitative estimate of drug-likeness (QED) is 0.440. The van der Waals surface area contributed by atoms with Crippen molar-refractivity contribution < 1.29 is 14.2 Å². The predicted molar refractivity (Wildman–Crippen MR) is 114 cm³/mol. The van der Waals surface area contributed by atoms with E-state index in [0.29, 0.717) is 31.3 Å². The Morgan fingerprint density at radius 2 is 2.04 bits per heavy atom. The molecule has 0 saturated carbocycles. The van der Waals surface area contributed by atoms with Gasteiger partial charge in [-0.1, -0.05) is 18.2 Å². The van der Waals surface area contributed by atoms with Crippen LogP contribution in [0.3, 0.4) is 0 Å². The van der Waals surface area contributed by atoms with Gasteiger partial charge in [0.1, 0.15) is 11.6 Å². The molecule has 1 atom stereocenters. The summed E-state index contributed by atoms with van der Waals surface area (Å²) in [6.45, 7) is 3.41. The summed E-state index contributed by atoms with van der Waals surface area (Å²) in [6, 6.07) is 12.1. The number of thioether (sulfide) groups is 1. The van der Waals surface area contributed by atoms with E-state index in [1.54, 1.807) is 31.0 Å². The Morgan fingerprint density at radius 1 is 1.21 bits per heavy atom. The summed E-state index contributed by atoms with van der Waals surface area (Å²) in [7, 11) is 1.60. The zero-order chi connectivity index (χ0) is 20.4. The van der Waals surface area contributed by atoms with E-state index in [0.717, 1.165) is 22.4 Å². The minimum Gasteiger partial charge on any atom is -0.497 e. The maximum atomic E-state index is 13.5. The SMILES string of the molecule is CCNC(=NCc1ccc(F)cc1CSC)NCC(O)c1cccc(OC)c1. The summed E-state index contributed by atoms with van der Waals surface area (Å²) < 4.78 is 18.7. The molecule has 28 heavy (non-hydrogen) atoms. The highest BCUT2D eigenvalue weighted by Crippen LogP contribution is 2.19. The lowest BCUT2D eigenvalue weighted by molar-refractivity contribution is 0.180. The second-order valence-corrected chi connectivity index (χ2v) is 7.08. The number of aliphatic imine (C=N–C) groups is 1. The van der Waals surface area contributed by atoms with Gasteiger partial charge in [0.15, 0.2) is 5.96 Å². The molecule has 0 aliphatic heterocycles. The molecule has 2 aromatic rings. The molecule has 0 amide bonds. The second kappa shape index (κ2) is 11.6. The van der Waals surface area contributed by atoms with Crippen molar-refractivity contribution in [2.75, 3.05) is 26.5 Å². The fourth-order valence-corrected chi connectivity index (χ4v) is 3.28. The minimum atomic E-state index is -0.697. The van der Waals surface area contributed by atoms with E-state index in [1.165, 1.54) is 6.07 Å². The Balaban J connectivity index is 2.04. The first kappa shape index (κ1) is 22.0. The van der Waals surface area contributed by atoms with Gasteiger partial charge in [0.05, 0.1) is 19.8 Å². The van der Waals surface area contributed by atoms with Gasteiger partial charge in [-0.2, -0.15) is 11.8 Å². The summed E-state index contributed by atoms with van der Waals surface area (Å²) in [5.41, 5.74) is 2.70. The van der Waals surface area contributed by atoms with E-state index in [4.69, 9.17) is 4.74 Å². The third-order valence-electron chi connectivity index (χ3n) is 4.16. The van der Waals surface area contributed by atoms with Gasteiger partial charge < -0.3 is 20.5 Å². The van der Waals surface area contributed by atoms with E-state index in [1.807, 2.05) is 37.4 Å². The number of halogens is 1. The van der Waals surface area contributed by atoms with Crippen molar-refractivity contribution in [3.63, 3.8) is 0 Å². The molecule has 0 bridgehead atoms. The third kappa shape index (κ3) is 6.73. The lowest BCUT2D eigenvalue weighted by Crippen LogP contribution is -2.39. The molecule has 0 saturated heterocycles. The third-order valence-corrected chi connectivity index (χ3v) is 4.76. The molecule has 7 heteroatoms. The fourth-order valence-electron chi connectivity index (χ4n) is 2.70. The van der Waals surface area contributed by atoms with Crippen molar-refractivity contribution in [2.24, 2.45) is 4.99 Å². The molecule has 0 heterocycles. The van der Waals surface area contributed by atoms with Gasteiger partial charge >= 0.3 is 0 Å².